The number of thioether (sulfide) groups is 1. The van der Waals surface area contributed by atoms with Gasteiger partial charge in [-0.1, -0.05) is 0 Å². The van der Waals surface area contributed by atoms with Gasteiger partial charge < -0.3 is 24.6 Å². The largest absolute Gasteiger partial charge is 0.376 e. The molecule has 1 amide bonds. The highest BCUT2D eigenvalue weighted by atomic mass is 32.2. The molecule has 0 aromatic carbocycles. The summed E-state index contributed by atoms with van der Waals surface area (Å²) in [5, 5.41) is 3.40. The standard InChI is InChI=1S/C18H34N4O3S/c1-21(2)17(23)13-20-18(19-8-12-26-3)22-9-6-15(7-10-22)25-14-16-5-4-11-24-16/h15-16H,4-14H2,1-3H3,(H,19,20). The number of carbonyl (C=O) groups is 1. The van der Waals surface area contributed by atoms with Crippen molar-refractivity contribution in [2.45, 2.75) is 37.9 Å². The number of amides is 1. The lowest BCUT2D eigenvalue weighted by molar-refractivity contribution is -0.127. The van der Waals surface area contributed by atoms with E-state index in [1.54, 1.807) is 30.8 Å². The average Bonchev–Trinajstić information content (AvgIpc) is 3.16. The normalized spacial score (nSPS) is 21.9. The van der Waals surface area contributed by atoms with Crippen molar-refractivity contribution in [1.29, 1.82) is 0 Å². The van der Waals surface area contributed by atoms with Crippen LogP contribution in [-0.4, -0.2) is 99.4 Å². The van der Waals surface area contributed by atoms with Crippen molar-refractivity contribution in [2.24, 2.45) is 4.99 Å². The second-order valence-electron chi connectivity index (χ2n) is 7.00. The van der Waals surface area contributed by atoms with Gasteiger partial charge in [-0.15, -0.1) is 0 Å². The van der Waals surface area contributed by atoms with Gasteiger partial charge in [0.1, 0.15) is 6.54 Å². The SMILES string of the molecule is CSCCNC(=NCC(=O)N(C)C)N1CCC(OCC2CCCO2)CC1. The molecule has 1 N–H and O–H groups in total. The smallest absolute Gasteiger partial charge is 0.243 e. The van der Waals surface area contributed by atoms with Crippen molar-refractivity contribution in [1.82, 2.24) is 15.1 Å². The van der Waals surface area contributed by atoms with E-state index in [2.05, 4.69) is 21.5 Å². The van der Waals surface area contributed by atoms with Crippen molar-refractivity contribution in [3.63, 3.8) is 0 Å². The first kappa shape index (κ1) is 21.3. The number of likely N-dealkylation sites (N-methyl/N-ethyl adjacent to an activating group) is 1. The Labute approximate surface area is 161 Å². The summed E-state index contributed by atoms with van der Waals surface area (Å²) in [6.07, 6.45) is 6.91. The number of piperidine rings is 1. The maximum absolute atomic E-state index is 11.9. The Hall–Kier alpha value is -0.990. The van der Waals surface area contributed by atoms with E-state index >= 15 is 0 Å². The molecule has 2 aliphatic heterocycles. The van der Waals surface area contributed by atoms with Gasteiger partial charge in [0.25, 0.3) is 0 Å². The maximum Gasteiger partial charge on any atom is 0.243 e. The number of rotatable bonds is 8. The lowest BCUT2D eigenvalue weighted by Crippen LogP contribution is -2.48. The van der Waals surface area contributed by atoms with Crippen LogP contribution in [0.3, 0.4) is 0 Å². The molecule has 7 nitrogen and oxygen atoms in total. The van der Waals surface area contributed by atoms with Crippen LogP contribution in [0.15, 0.2) is 4.99 Å². The molecule has 2 rings (SSSR count). The molecular weight excluding hydrogens is 352 g/mol. The fraction of sp³-hybridized carbons (Fsp3) is 0.889. The molecule has 0 spiro atoms. The lowest BCUT2D eigenvalue weighted by atomic mass is 10.1. The number of likely N-dealkylation sites (tertiary alicyclic amines) is 1. The third-order valence-corrected chi connectivity index (χ3v) is 5.35. The molecule has 1 unspecified atom stereocenters. The quantitative estimate of drug-likeness (QED) is 0.382. The third-order valence-electron chi connectivity index (χ3n) is 4.74. The molecule has 0 aliphatic carbocycles. The minimum Gasteiger partial charge on any atom is -0.376 e. The number of hydrogen-bond acceptors (Lipinski definition) is 5. The summed E-state index contributed by atoms with van der Waals surface area (Å²) in [4.78, 5) is 20.2. The van der Waals surface area contributed by atoms with Gasteiger partial charge in [-0.25, -0.2) is 4.99 Å². The highest BCUT2D eigenvalue weighted by Crippen LogP contribution is 2.17. The van der Waals surface area contributed by atoms with Crippen LogP contribution in [0.5, 0.6) is 0 Å². The monoisotopic (exact) mass is 386 g/mol. The Morgan fingerprint density at radius 1 is 1.35 bits per heavy atom. The van der Waals surface area contributed by atoms with Crippen LogP contribution in [0, 0.1) is 0 Å². The van der Waals surface area contributed by atoms with Crippen LogP contribution in [0.2, 0.25) is 0 Å². The number of nitrogens with one attached hydrogen (secondary N) is 1. The molecule has 150 valence electrons. The van der Waals surface area contributed by atoms with Gasteiger partial charge in [-0.05, 0) is 31.9 Å². The highest BCUT2D eigenvalue weighted by molar-refractivity contribution is 7.98. The number of nitrogens with zero attached hydrogens (tertiary/aromatic N) is 3. The van der Waals surface area contributed by atoms with E-state index in [-0.39, 0.29) is 18.6 Å². The topological polar surface area (TPSA) is 66.4 Å². The predicted octanol–water partition coefficient (Wildman–Crippen LogP) is 1.04. The van der Waals surface area contributed by atoms with E-state index in [1.165, 1.54) is 0 Å². The molecule has 0 bridgehead atoms. The van der Waals surface area contributed by atoms with Crippen LogP contribution >= 0.6 is 11.8 Å². The molecule has 26 heavy (non-hydrogen) atoms. The van der Waals surface area contributed by atoms with Gasteiger partial charge in [-0.3, -0.25) is 4.79 Å². The van der Waals surface area contributed by atoms with Gasteiger partial charge in [-0.2, -0.15) is 11.8 Å². The third kappa shape index (κ3) is 7.32. The fourth-order valence-electron chi connectivity index (χ4n) is 3.07. The van der Waals surface area contributed by atoms with Crippen molar-refractivity contribution in [3.8, 4) is 0 Å². The first-order valence-corrected chi connectivity index (χ1v) is 10.9. The maximum atomic E-state index is 11.9. The Balaban J connectivity index is 1.79. The molecule has 1 atom stereocenters. The first-order valence-electron chi connectivity index (χ1n) is 9.55. The van der Waals surface area contributed by atoms with Crippen molar-refractivity contribution in [2.75, 3.05) is 65.5 Å². The molecule has 2 aliphatic rings. The summed E-state index contributed by atoms with van der Waals surface area (Å²) in [6, 6.07) is 0. The number of carbonyl (C=O) groups excluding carboxylic acids is 1. The number of guanidine groups is 1. The van der Waals surface area contributed by atoms with Gasteiger partial charge in [0.2, 0.25) is 5.91 Å². The Morgan fingerprint density at radius 2 is 2.12 bits per heavy atom. The Bertz CT molecular complexity index is 448. The summed E-state index contributed by atoms with van der Waals surface area (Å²) in [7, 11) is 3.52. The number of aliphatic imine (C=N–C) groups is 1. The molecule has 2 fully saturated rings. The van der Waals surface area contributed by atoms with E-state index in [4.69, 9.17) is 9.47 Å². The molecule has 0 radical (unpaired) electrons. The lowest BCUT2D eigenvalue weighted by Gasteiger charge is -2.34. The second-order valence-corrected chi connectivity index (χ2v) is 7.99. The van der Waals surface area contributed by atoms with E-state index in [1.807, 2.05) is 0 Å². The second kappa shape index (κ2) is 11.7. The molecule has 8 heteroatoms. The van der Waals surface area contributed by atoms with Crippen LogP contribution in [0.4, 0.5) is 0 Å². The van der Waals surface area contributed by atoms with E-state index in [9.17, 15) is 4.79 Å². The van der Waals surface area contributed by atoms with Gasteiger partial charge in [0.15, 0.2) is 5.96 Å². The number of hydrogen-bond donors (Lipinski definition) is 1. The van der Waals surface area contributed by atoms with E-state index in [0.717, 1.165) is 70.2 Å². The number of ether oxygens (including phenoxy) is 2. The van der Waals surface area contributed by atoms with Gasteiger partial charge >= 0.3 is 0 Å². The molecule has 2 heterocycles. The van der Waals surface area contributed by atoms with Crippen LogP contribution in [-0.2, 0) is 14.3 Å². The molecule has 0 aromatic heterocycles. The summed E-state index contributed by atoms with van der Waals surface area (Å²) in [5.41, 5.74) is 0. The van der Waals surface area contributed by atoms with Crippen LogP contribution < -0.4 is 5.32 Å². The molecule has 0 aromatic rings. The van der Waals surface area contributed by atoms with E-state index in [0.29, 0.717) is 6.10 Å². The fourth-order valence-corrected chi connectivity index (χ4v) is 3.38. The summed E-state index contributed by atoms with van der Waals surface area (Å²) in [5.74, 6) is 1.87. The first-order chi connectivity index (χ1) is 12.6. The van der Waals surface area contributed by atoms with Crippen LogP contribution in [0.1, 0.15) is 25.7 Å². The Kier molecular flexibility index (Phi) is 9.56. The van der Waals surface area contributed by atoms with Crippen molar-refractivity contribution < 1.29 is 14.3 Å². The summed E-state index contributed by atoms with van der Waals surface area (Å²) >= 11 is 1.80. The van der Waals surface area contributed by atoms with Gasteiger partial charge in [0.05, 0.1) is 18.8 Å². The minimum atomic E-state index is 0.0175. The minimum absolute atomic E-state index is 0.0175. The van der Waals surface area contributed by atoms with Crippen molar-refractivity contribution >= 4 is 23.6 Å². The van der Waals surface area contributed by atoms with E-state index < -0.39 is 0 Å². The molecular formula is C18H34N4O3S. The van der Waals surface area contributed by atoms with Crippen LogP contribution in [0.25, 0.3) is 0 Å². The Morgan fingerprint density at radius 3 is 2.73 bits per heavy atom. The molecule has 2 saturated heterocycles. The zero-order chi connectivity index (χ0) is 18.8. The highest BCUT2D eigenvalue weighted by Gasteiger charge is 2.24. The molecule has 0 saturated carbocycles. The summed E-state index contributed by atoms with van der Waals surface area (Å²) < 4.78 is 11.7. The summed E-state index contributed by atoms with van der Waals surface area (Å²) in [6.45, 7) is 4.43. The predicted molar refractivity (Wildman–Crippen MR) is 107 cm³/mol. The van der Waals surface area contributed by atoms with Crippen molar-refractivity contribution in [3.05, 3.63) is 0 Å². The average molecular weight is 387 g/mol. The van der Waals surface area contributed by atoms with Gasteiger partial charge in [0, 0.05) is 46.1 Å². The zero-order valence-corrected chi connectivity index (χ0v) is 17.2. The zero-order valence-electron chi connectivity index (χ0n) is 16.4.